The lowest BCUT2D eigenvalue weighted by Crippen LogP contribution is -2.54. The van der Waals surface area contributed by atoms with Gasteiger partial charge in [0.15, 0.2) is 0 Å². The van der Waals surface area contributed by atoms with Gasteiger partial charge in [0.05, 0.1) is 5.54 Å². The van der Waals surface area contributed by atoms with Crippen LogP contribution in [0.1, 0.15) is 45.4 Å². The maximum absolute atomic E-state index is 11.6. The molecule has 19 heavy (non-hydrogen) atoms. The summed E-state index contributed by atoms with van der Waals surface area (Å²) in [7, 11) is 0. The minimum Gasteiger partial charge on any atom is -0.381 e. The van der Waals surface area contributed by atoms with E-state index in [2.05, 4.69) is 5.32 Å². The Morgan fingerprint density at radius 2 is 2.05 bits per heavy atom. The molecule has 0 aromatic heterocycles. The van der Waals surface area contributed by atoms with Crippen LogP contribution in [-0.2, 0) is 9.53 Å². The van der Waals surface area contributed by atoms with E-state index < -0.39 is 5.54 Å². The average molecular weight is 286 g/mol. The highest BCUT2D eigenvalue weighted by atomic mass is 32.2. The largest absolute Gasteiger partial charge is 0.381 e. The highest BCUT2D eigenvalue weighted by Gasteiger charge is 2.36. The fraction of sp³-hybridized carbons (Fsp3) is 0.929. The van der Waals surface area contributed by atoms with Crippen LogP contribution >= 0.6 is 11.8 Å². The molecule has 1 aliphatic heterocycles. The van der Waals surface area contributed by atoms with Crippen molar-refractivity contribution in [2.75, 3.05) is 19.0 Å². The minimum absolute atomic E-state index is 0.213. The van der Waals surface area contributed by atoms with Gasteiger partial charge in [-0.3, -0.25) is 4.79 Å². The lowest BCUT2D eigenvalue weighted by molar-refractivity contribution is -0.124. The van der Waals surface area contributed by atoms with Crippen molar-refractivity contribution in [3.8, 4) is 0 Å². The molecule has 2 aliphatic rings. The fourth-order valence-electron chi connectivity index (χ4n) is 2.46. The smallest absolute Gasteiger partial charge is 0.237 e. The topological polar surface area (TPSA) is 64.3 Å². The molecule has 1 unspecified atom stereocenters. The van der Waals surface area contributed by atoms with Gasteiger partial charge < -0.3 is 15.8 Å². The predicted octanol–water partition coefficient (Wildman–Crippen LogP) is 1.67. The summed E-state index contributed by atoms with van der Waals surface area (Å²) in [5.74, 6) is 0.898. The van der Waals surface area contributed by atoms with Gasteiger partial charge in [0.25, 0.3) is 0 Å². The Kier molecular flexibility index (Phi) is 5.54. The standard InChI is InChI=1S/C14H26N2O2S/c1-14(13(15)17,16-11-3-4-11)7-2-10-19-12-5-8-18-9-6-12/h11-12,16H,2-10H2,1H3,(H2,15,17). The number of carbonyl (C=O) groups excluding carboxylic acids is 1. The molecule has 2 fully saturated rings. The first-order valence-corrected chi connectivity index (χ1v) is 8.42. The third-order valence-corrected chi connectivity index (χ3v) is 5.45. The zero-order valence-corrected chi connectivity index (χ0v) is 12.6. The lowest BCUT2D eigenvalue weighted by Gasteiger charge is -2.28. The normalized spacial score (nSPS) is 24.1. The van der Waals surface area contributed by atoms with Gasteiger partial charge in [-0.25, -0.2) is 0 Å². The monoisotopic (exact) mass is 286 g/mol. The molecule has 3 N–H and O–H groups in total. The molecule has 0 bridgehead atoms. The van der Waals surface area contributed by atoms with E-state index in [1.807, 2.05) is 18.7 Å². The molecule has 0 aromatic rings. The summed E-state index contributed by atoms with van der Waals surface area (Å²) < 4.78 is 5.36. The van der Waals surface area contributed by atoms with Crippen molar-refractivity contribution in [1.29, 1.82) is 0 Å². The number of nitrogens with one attached hydrogen (secondary N) is 1. The van der Waals surface area contributed by atoms with Crippen molar-refractivity contribution >= 4 is 17.7 Å². The van der Waals surface area contributed by atoms with Gasteiger partial charge in [-0.2, -0.15) is 11.8 Å². The van der Waals surface area contributed by atoms with Crippen LogP contribution in [0.5, 0.6) is 0 Å². The molecule has 1 heterocycles. The van der Waals surface area contributed by atoms with Gasteiger partial charge in [-0.1, -0.05) is 0 Å². The molecule has 0 aromatic carbocycles. The number of primary amides is 1. The number of rotatable bonds is 8. The maximum atomic E-state index is 11.6. The Hall–Kier alpha value is -0.260. The van der Waals surface area contributed by atoms with Gasteiger partial charge in [-0.15, -0.1) is 0 Å². The van der Waals surface area contributed by atoms with Crippen LogP contribution in [0, 0.1) is 0 Å². The van der Waals surface area contributed by atoms with E-state index >= 15 is 0 Å². The number of amides is 1. The van der Waals surface area contributed by atoms with E-state index in [-0.39, 0.29) is 5.91 Å². The van der Waals surface area contributed by atoms with Gasteiger partial charge in [0.1, 0.15) is 0 Å². The highest BCUT2D eigenvalue weighted by Crippen LogP contribution is 2.27. The highest BCUT2D eigenvalue weighted by molar-refractivity contribution is 7.99. The molecule has 0 radical (unpaired) electrons. The van der Waals surface area contributed by atoms with Crippen molar-refractivity contribution in [2.45, 2.75) is 62.3 Å². The van der Waals surface area contributed by atoms with Gasteiger partial charge >= 0.3 is 0 Å². The number of thioether (sulfide) groups is 1. The van der Waals surface area contributed by atoms with Crippen molar-refractivity contribution in [1.82, 2.24) is 5.32 Å². The fourth-order valence-corrected chi connectivity index (χ4v) is 3.63. The van der Waals surface area contributed by atoms with Gasteiger partial charge in [0, 0.05) is 24.5 Å². The second kappa shape index (κ2) is 6.95. The number of nitrogens with two attached hydrogens (primary N) is 1. The molecular weight excluding hydrogens is 260 g/mol. The predicted molar refractivity (Wildman–Crippen MR) is 79.3 cm³/mol. The summed E-state index contributed by atoms with van der Waals surface area (Å²) in [6.07, 6.45) is 6.58. The third kappa shape index (κ3) is 4.97. The van der Waals surface area contributed by atoms with Crippen LogP contribution in [0.2, 0.25) is 0 Å². The molecule has 0 spiro atoms. The van der Waals surface area contributed by atoms with Crippen LogP contribution in [0.25, 0.3) is 0 Å². The van der Waals surface area contributed by atoms with E-state index in [0.717, 1.165) is 49.9 Å². The van der Waals surface area contributed by atoms with Crippen molar-refractivity contribution < 1.29 is 9.53 Å². The van der Waals surface area contributed by atoms with Crippen LogP contribution in [-0.4, -0.2) is 41.7 Å². The van der Waals surface area contributed by atoms with E-state index in [0.29, 0.717) is 6.04 Å². The summed E-state index contributed by atoms with van der Waals surface area (Å²) >= 11 is 2.02. The molecule has 1 aliphatic carbocycles. The van der Waals surface area contributed by atoms with Crippen LogP contribution in [0.3, 0.4) is 0 Å². The number of hydrogen-bond donors (Lipinski definition) is 2. The van der Waals surface area contributed by atoms with Crippen LogP contribution in [0.15, 0.2) is 0 Å². The lowest BCUT2D eigenvalue weighted by atomic mass is 9.95. The number of ether oxygens (including phenoxy) is 1. The molecule has 1 saturated heterocycles. The number of hydrogen-bond acceptors (Lipinski definition) is 4. The second-order valence-electron chi connectivity index (χ2n) is 5.90. The Morgan fingerprint density at radius 1 is 1.37 bits per heavy atom. The van der Waals surface area contributed by atoms with Gasteiger partial charge in [-0.05, 0) is 51.2 Å². The van der Waals surface area contributed by atoms with Crippen molar-refractivity contribution in [2.24, 2.45) is 5.73 Å². The Balaban J connectivity index is 1.65. The Morgan fingerprint density at radius 3 is 2.63 bits per heavy atom. The summed E-state index contributed by atoms with van der Waals surface area (Å²) in [5, 5.41) is 4.14. The second-order valence-corrected chi connectivity index (χ2v) is 7.31. The molecule has 5 heteroatoms. The maximum Gasteiger partial charge on any atom is 0.237 e. The van der Waals surface area contributed by atoms with Crippen LogP contribution < -0.4 is 11.1 Å². The van der Waals surface area contributed by atoms with E-state index in [1.165, 1.54) is 12.8 Å². The quantitative estimate of drug-likeness (QED) is 0.666. The Labute approximate surface area is 120 Å². The summed E-state index contributed by atoms with van der Waals surface area (Å²) in [4.78, 5) is 11.6. The molecule has 2 rings (SSSR count). The molecule has 110 valence electrons. The SMILES string of the molecule is CC(CCCSC1CCOCC1)(NC1CC1)C(N)=O. The van der Waals surface area contributed by atoms with E-state index in [1.54, 1.807) is 0 Å². The first-order valence-electron chi connectivity index (χ1n) is 7.37. The molecule has 1 atom stereocenters. The molecule has 1 saturated carbocycles. The number of carbonyl (C=O) groups is 1. The minimum atomic E-state index is -0.516. The first kappa shape index (κ1) is 15.1. The van der Waals surface area contributed by atoms with E-state index in [4.69, 9.17) is 10.5 Å². The van der Waals surface area contributed by atoms with E-state index in [9.17, 15) is 4.79 Å². The first-order chi connectivity index (χ1) is 9.10. The zero-order chi connectivity index (χ0) is 13.7. The van der Waals surface area contributed by atoms with Crippen molar-refractivity contribution in [3.63, 3.8) is 0 Å². The van der Waals surface area contributed by atoms with Gasteiger partial charge in [0.2, 0.25) is 5.91 Å². The molecule has 4 nitrogen and oxygen atoms in total. The van der Waals surface area contributed by atoms with Crippen molar-refractivity contribution in [3.05, 3.63) is 0 Å². The Bertz CT molecular complexity index is 304. The zero-order valence-electron chi connectivity index (χ0n) is 11.8. The summed E-state index contributed by atoms with van der Waals surface area (Å²) in [6.45, 7) is 3.76. The summed E-state index contributed by atoms with van der Waals surface area (Å²) in [5.41, 5.74) is 5.03. The molecule has 1 amide bonds. The summed E-state index contributed by atoms with van der Waals surface area (Å²) in [6, 6.07) is 0.514. The van der Waals surface area contributed by atoms with Crippen LogP contribution in [0.4, 0.5) is 0 Å². The third-order valence-electron chi connectivity index (χ3n) is 3.99. The average Bonchev–Trinajstić information content (AvgIpc) is 3.19. The molecular formula is C14H26N2O2S.